The molecule has 1 saturated carbocycles. The number of anilines is 2. The van der Waals surface area contributed by atoms with E-state index in [-0.39, 0.29) is 28.8 Å². The van der Waals surface area contributed by atoms with Crippen LogP contribution in [0.25, 0.3) is 10.9 Å². The van der Waals surface area contributed by atoms with E-state index >= 15 is 0 Å². The van der Waals surface area contributed by atoms with Crippen molar-refractivity contribution in [2.75, 3.05) is 50.2 Å². The Morgan fingerprint density at radius 3 is 2.41 bits per heavy atom. The van der Waals surface area contributed by atoms with E-state index in [4.69, 9.17) is 9.47 Å². The van der Waals surface area contributed by atoms with Crippen LogP contribution in [0.3, 0.4) is 0 Å². The number of hydrogen-bond acceptors (Lipinski definition) is 7. The molecule has 0 amide bonds. The molecule has 2 N–H and O–H groups in total. The predicted molar refractivity (Wildman–Crippen MR) is 173 cm³/mol. The Labute approximate surface area is 268 Å². The zero-order valence-corrected chi connectivity index (χ0v) is 27.1. The first-order chi connectivity index (χ1) is 21.9. The number of nitrogens with zero attached hydrogens (tertiary/aromatic N) is 2. The van der Waals surface area contributed by atoms with Crippen molar-refractivity contribution in [2.24, 2.45) is 0 Å². The van der Waals surface area contributed by atoms with E-state index in [1.807, 2.05) is 6.07 Å². The zero-order chi connectivity index (χ0) is 32.5. The molecule has 2 aliphatic heterocycles. The highest BCUT2D eigenvalue weighted by Gasteiger charge is 2.42. The average molecular weight is 659 g/mol. The summed E-state index contributed by atoms with van der Waals surface area (Å²) in [4.78, 5) is 2.75. The van der Waals surface area contributed by atoms with Crippen molar-refractivity contribution in [2.45, 2.75) is 80.2 Å². The molecule has 46 heavy (non-hydrogen) atoms. The number of aromatic nitrogens is 1. The molecule has 3 aromatic rings. The summed E-state index contributed by atoms with van der Waals surface area (Å²) in [6, 6.07) is 12.4. The fraction of sp³-hybridized carbons (Fsp3) is 0.529. The lowest BCUT2D eigenvalue weighted by Crippen LogP contribution is -2.54. The number of rotatable bonds is 8. The van der Waals surface area contributed by atoms with Gasteiger partial charge in [0.25, 0.3) is 0 Å². The molecule has 0 bridgehead atoms. The quantitative estimate of drug-likeness (QED) is 0.285. The van der Waals surface area contributed by atoms with Crippen LogP contribution in [0.2, 0.25) is 0 Å². The van der Waals surface area contributed by atoms with Crippen LogP contribution in [0, 0.1) is 11.8 Å². The van der Waals surface area contributed by atoms with Gasteiger partial charge < -0.3 is 29.6 Å². The summed E-state index contributed by atoms with van der Waals surface area (Å²) in [5.41, 5.74) is 2.24. The molecule has 3 aliphatic rings. The second kappa shape index (κ2) is 13.0. The maximum Gasteiger partial charge on any atom is 0.406 e. The van der Waals surface area contributed by atoms with Crippen LogP contribution in [0.15, 0.2) is 47.4 Å². The number of ether oxygens (including phenoxy) is 2. The minimum atomic E-state index is -4.42. The van der Waals surface area contributed by atoms with E-state index in [0.29, 0.717) is 28.4 Å². The summed E-state index contributed by atoms with van der Waals surface area (Å²) in [5.74, 6) is 6.18. The number of benzene rings is 2. The van der Waals surface area contributed by atoms with Crippen molar-refractivity contribution < 1.29 is 31.1 Å². The maximum absolute atomic E-state index is 13.7. The minimum absolute atomic E-state index is 0.113. The molecule has 248 valence electrons. The third-order valence-corrected chi connectivity index (χ3v) is 10.8. The summed E-state index contributed by atoms with van der Waals surface area (Å²) >= 11 is 0. The van der Waals surface area contributed by atoms with Crippen LogP contribution in [0.1, 0.15) is 50.6 Å². The second-order valence-electron chi connectivity index (χ2n) is 12.7. The molecule has 1 aliphatic carbocycles. The second-order valence-corrected chi connectivity index (χ2v) is 14.7. The van der Waals surface area contributed by atoms with Crippen molar-refractivity contribution in [1.29, 1.82) is 0 Å². The van der Waals surface area contributed by atoms with Crippen molar-refractivity contribution in [3.05, 3.63) is 48.2 Å². The number of halogens is 3. The van der Waals surface area contributed by atoms with E-state index in [1.165, 1.54) is 30.2 Å². The van der Waals surface area contributed by atoms with Gasteiger partial charge in [-0.3, -0.25) is 0 Å². The fourth-order valence-corrected chi connectivity index (χ4v) is 7.71. The standard InChI is InChI=1S/C34H41F3N4O4S/c1-44-32-22-27(46(2,42)43)12-13-30(32)38-17-4-5-26-21-28-29(6-3-7-31(28)41(26)23-34(35,36)37)39-24-8-10-25(11-9-24)40-18-14-33(15-19-40)16-20-45-33/h3,6-7,12-13,21-22,24-25,38-39H,8-11,14-20,23H2,1-2H3. The summed E-state index contributed by atoms with van der Waals surface area (Å²) in [6.45, 7) is 2.05. The Balaban J connectivity index is 1.14. The highest BCUT2D eigenvalue weighted by Crippen LogP contribution is 2.39. The molecule has 3 heterocycles. The summed E-state index contributed by atoms with van der Waals surface area (Å²) in [7, 11) is -1.98. The lowest BCUT2D eigenvalue weighted by molar-refractivity contribution is -0.176. The van der Waals surface area contributed by atoms with Crippen LogP contribution < -0.4 is 15.4 Å². The lowest BCUT2D eigenvalue weighted by atomic mass is 9.82. The molecule has 1 aromatic heterocycles. The van der Waals surface area contributed by atoms with Gasteiger partial charge in [-0.2, -0.15) is 13.2 Å². The van der Waals surface area contributed by atoms with Gasteiger partial charge in [0.2, 0.25) is 0 Å². The fourth-order valence-electron chi connectivity index (χ4n) is 7.07. The molecular formula is C34H41F3N4O4S. The highest BCUT2D eigenvalue weighted by atomic mass is 32.2. The summed E-state index contributed by atoms with van der Waals surface area (Å²) in [5, 5.41) is 7.43. The normalized spacial score (nSPS) is 21.8. The first kappa shape index (κ1) is 32.5. The molecule has 3 fully saturated rings. The third kappa shape index (κ3) is 7.27. The van der Waals surface area contributed by atoms with Gasteiger partial charge in [0, 0.05) is 48.6 Å². The monoisotopic (exact) mass is 658 g/mol. The van der Waals surface area contributed by atoms with Gasteiger partial charge in [0.1, 0.15) is 12.3 Å². The van der Waals surface area contributed by atoms with Gasteiger partial charge in [-0.05, 0) is 81.2 Å². The van der Waals surface area contributed by atoms with Crippen LogP contribution in [-0.2, 0) is 21.1 Å². The number of sulfone groups is 1. The van der Waals surface area contributed by atoms with Gasteiger partial charge >= 0.3 is 6.18 Å². The number of fused-ring (bicyclic) bond motifs is 1. The molecule has 6 rings (SSSR count). The maximum atomic E-state index is 13.7. The first-order valence-corrected chi connectivity index (χ1v) is 17.8. The summed E-state index contributed by atoms with van der Waals surface area (Å²) in [6.07, 6.45) is 4.34. The molecule has 0 atom stereocenters. The Kier molecular flexibility index (Phi) is 9.20. The summed E-state index contributed by atoms with van der Waals surface area (Å²) < 4.78 is 77.3. The molecule has 2 aromatic carbocycles. The van der Waals surface area contributed by atoms with Crippen molar-refractivity contribution in [1.82, 2.24) is 9.47 Å². The van der Waals surface area contributed by atoms with Gasteiger partial charge in [0.15, 0.2) is 9.84 Å². The van der Waals surface area contributed by atoms with E-state index in [1.54, 1.807) is 24.3 Å². The zero-order valence-electron chi connectivity index (χ0n) is 26.3. The van der Waals surface area contributed by atoms with Gasteiger partial charge in [-0.25, -0.2) is 8.42 Å². The van der Waals surface area contributed by atoms with Crippen molar-refractivity contribution in [3.8, 4) is 17.6 Å². The van der Waals surface area contributed by atoms with E-state index in [2.05, 4.69) is 27.4 Å². The largest absolute Gasteiger partial charge is 0.495 e. The van der Waals surface area contributed by atoms with Crippen LogP contribution in [0.4, 0.5) is 24.5 Å². The topological polar surface area (TPSA) is 84.8 Å². The van der Waals surface area contributed by atoms with E-state index < -0.39 is 22.6 Å². The van der Waals surface area contributed by atoms with Crippen LogP contribution in [-0.4, -0.2) is 81.4 Å². The molecule has 0 radical (unpaired) electrons. The minimum Gasteiger partial charge on any atom is -0.495 e. The Hall–Kier alpha value is -3.40. The molecule has 1 spiro atoms. The molecule has 8 nitrogen and oxygen atoms in total. The van der Waals surface area contributed by atoms with Gasteiger partial charge in [-0.15, -0.1) is 0 Å². The van der Waals surface area contributed by atoms with Crippen LogP contribution in [0.5, 0.6) is 5.75 Å². The van der Waals surface area contributed by atoms with E-state index in [0.717, 1.165) is 70.2 Å². The molecule has 2 saturated heterocycles. The van der Waals surface area contributed by atoms with Gasteiger partial charge in [0.05, 0.1) is 47.7 Å². The Morgan fingerprint density at radius 1 is 1.04 bits per heavy atom. The smallest absolute Gasteiger partial charge is 0.406 e. The molecule has 0 unspecified atom stereocenters. The van der Waals surface area contributed by atoms with Crippen molar-refractivity contribution >= 4 is 32.1 Å². The Morgan fingerprint density at radius 2 is 1.78 bits per heavy atom. The first-order valence-electron chi connectivity index (χ1n) is 15.9. The third-order valence-electron chi connectivity index (χ3n) is 9.72. The number of methoxy groups -OCH3 is 1. The molecular weight excluding hydrogens is 617 g/mol. The lowest BCUT2D eigenvalue weighted by Gasteiger charge is -2.50. The van der Waals surface area contributed by atoms with E-state index in [9.17, 15) is 21.6 Å². The Bertz CT molecular complexity index is 1720. The predicted octanol–water partition coefficient (Wildman–Crippen LogP) is 6.06. The SMILES string of the molecule is COc1cc(S(C)(=O)=O)ccc1NCC#Cc1cc2c(NC3CCC(N4CCC5(CCO5)CC4)CC3)cccc2n1CC(F)(F)F. The van der Waals surface area contributed by atoms with Crippen LogP contribution >= 0.6 is 0 Å². The highest BCUT2D eigenvalue weighted by molar-refractivity contribution is 7.90. The number of hydrogen-bond donors (Lipinski definition) is 2. The number of piperidine rings is 1. The number of alkyl halides is 3. The molecule has 12 heteroatoms. The van der Waals surface area contributed by atoms with Gasteiger partial charge in [-0.1, -0.05) is 12.0 Å². The number of nitrogens with one attached hydrogen (secondary N) is 2. The van der Waals surface area contributed by atoms with Crippen molar-refractivity contribution in [3.63, 3.8) is 0 Å². The average Bonchev–Trinajstić information content (AvgIpc) is 3.35. The number of likely N-dealkylation sites (tertiary alicyclic amines) is 1.